The number of nitrogens with one attached hydrogen (secondary N) is 1. The molecule has 4 aromatic rings. The van der Waals surface area contributed by atoms with E-state index in [0.29, 0.717) is 5.95 Å². The molecule has 8 nitrogen and oxygen atoms in total. The largest absolute Gasteiger partial charge is 0.322 e. The second kappa shape index (κ2) is 7.75. The van der Waals surface area contributed by atoms with Crippen molar-refractivity contribution in [3.63, 3.8) is 0 Å². The Balaban J connectivity index is 1.74. The Kier molecular flexibility index (Phi) is 5.00. The average molecular weight is 394 g/mol. The summed E-state index contributed by atoms with van der Waals surface area (Å²) >= 11 is 0. The van der Waals surface area contributed by atoms with Gasteiger partial charge in [0.1, 0.15) is 0 Å². The van der Waals surface area contributed by atoms with Crippen molar-refractivity contribution in [1.29, 1.82) is 0 Å². The molecule has 142 valence electrons. The maximum atomic E-state index is 11.3. The molecule has 0 aliphatic carbocycles. The molecular formula is C19H18N6O2S. The van der Waals surface area contributed by atoms with Gasteiger partial charge in [0.2, 0.25) is 16.8 Å². The molecule has 0 aliphatic heterocycles. The highest BCUT2D eigenvalue weighted by molar-refractivity contribution is 7.69. The Morgan fingerprint density at radius 1 is 1.07 bits per heavy atom. The topological polar surface area (TPSA) is 92.5 Å². The van der Waals surface area contributed by atoms with Crippen LogP contribution in [-0.2, 0) is 17.4 Å². The molecule has 0 radical (unpaired) electrons. The lowest BCUT2D eigenvalue weighted by Gasteiger charge is -2.13. The summed E-state index contributed by atoms with van der Waals surface area (Å²) in [6.07, 6.45) is 5.13. The number of nitrogens with zero attached hydrogens (tertiary/aromatic N) is 5. The summed E-state index contributed by atoms with van der Waals surface area (Å²) in [5.41, 5.74) is 4.29. The van der Waals surface area contributed by atoms with Crippen molar-refractivity contribution >= 4 is 28.0 Å². The van der Waals surface area contributed by atoms with Gasteiger partial charge in [-0.05, 0) is 29.8 Å². The second-order valence-electron chi connectivity index (χ2n) is 6.21. The van der Waals surface area contributed by atoms with E-state index >= 15 is 0 Å². The quantitative estimate of drug-likeness (QED) is 0.488. The number of hydrogen-bond acceptors (Lipinski definition) is 6. The smallest absolute Gasteiger partial charge is 0.245 e. The standard InChI is InChI=1S/C19H18N6O2S/c1-24(28(26)27)13-14-5-2-3-7-17(14)18-9-8-16-12-21-19(23-25(16)18)22-15-6-4-10-20-11-15/h2-12,28H,13H2,1H3,(H,22,23). The van der Waals surface area contributed by atoms with Crippen LogP contribution in [0.5, 0.6) is 0 Å². The van der Waals surface area contributed by atoms with Gasteiger partial charge in [-0.2, -0.15) is 0 Å². The van der Waals surface area contributed by atoms with Gasteiger partial charge in [0.25, 0.3) is 0 Å². The first kappa shape index (κ1) is 18.1. The third-order valence-corrected chi connectivity index (χ3v) is 4.99. The van der Waals surface area contributed by atoms with E-state index in [4.69, 9.17) is 0 Å². The third-order valence-electron chi connectivity index (χ3n) is 4.29. The molecule has 9 heteroatoms. The second-order valence-corrected chi connectivity index (χ2v) is 7.37. The first-order valence-electron chi connectivity index (χ1n) is 8.57. The van der Waals surface area contributed by atoms with Crippen molar-refractivity contribution in [2.75, 3.05) is 12.4 Å². The molecule has 3 heterocycles. The predicted octanol–water partition coefficient (Wildman–Crippen LogP) is 2.49. The summed E-state index contributed by atoms with van der Waals surface area (Å²) in [5.74, 6) is 0.440. The summed E-state index contributed by atoms with van der Waals surface area (Å²) < 4.78 is 25.6. The van der Waals surface area contributed by atoms with Crippen LogP contribution in [0.25, 0.3) is 16.8 Å². The maximum Gasteiger partial charge on any atom is 0.245 e. The number of fused-ring (bicyclic) bond motifs is 1. The molecule has 0 saturated heterocycles. The van der Waals surface area contributed by atoms with Gasteiger partial charge in [-0.3, -0.25) is 4.98 Å². The Labute approximate surface area is 163 Å². The van der Waals surface area contributed by atoms with E-state index in [0.717, 1.165) is 28.0 Å². The van der Waals surface area contributed by atoms with Crippen LogP contribution in [0, 0.1) is 0 Å². The van der Waals surface area contributed by atoms with E-state index in [1.807, 2.05) is 48.5 Å². The number of aromatic nitrogens is 4. The predicted molar refractivity (Wildman–Crippen MR) is 108 cm³/mol. The van der Waals surface area contributed by atoms with Crippen LogP contribution in [0.1, 0.15) is 5.56 Å². The van der Waals surface area contributed by atoms with Crippen LogP contribution in [-0.4, -0.2) is 39.4 Å². The van der Waals surface area contributed by atoms with E-state index < -0.39 is 10.9 Å². The minimum Gasteiger partial charge on any atom is -0.322 e. The van der Waals surface area contributed by atoms with Crippen molar-refractivity contribution in [1.82, 2.24) is 23.9 Å². The molecule has 0 unspecified atom stereocenters. The summed E-state index contributed by atoms with van der Waals surface area (Å²) in [5, 5.41) is 7.73. The molecule has 0 atom stereocenters. The monoisotopic (exact) mass is 394 g/mol. The molecule has 0 fully saturated rings. The summed E-state index contributed by atoms with van der Waals surface area (Å²) in [7, 11) is -1.09. The lowest BCUT2D eigenvalue weighted by atomic mass is 10.0. The van der Waals surface area contributed by atoms with E-state index in [-0.39, 0.29) is 6.54 Å². The van der Waals surface area contributed by atoms with Gasteiger partial charge in [-0.15, -0.1) is 5.10 Å². The van der Waals surface area contributed by atoms with Gasteiger partial charge in [0, 0.05) is 25.4 Å². The first-order chi connectivity index (χ1) is 13.6. The fraction of sp³-hybridized carbons (Fsp3) is 0.105. The van der Waals surface area contributed by atoms with Gasteiger partial charge < -0.3 is 5.32 Å². The van der Waals surface area contributed by atoms with Crippen molar-refractivity contribution < 1.29 is 8.42 Å². The first-order valence-corrected chi connectivity index (χ1v) is 9.70. The Bertz CT molecular complexity index is 1180. The van der Waals surface area contributed by atoms with Crippen LogP contribution in [0.3, 0.4) is 0 Å². The molecule has 1 N–H and O–H groups in total. The molecule has 28 heavy (non-hydrogen) atoms. The number of rotatable bonds is 6. The highest BCUT2D eigenvalue weighted by atomic mass is 32.2. The van der Waals surface area contributed by atoms with Gasteiger partial charge >= 0.3 is 0 Å². The molecule has 0 bridgehead atoms. The lowest BCUT2D eigenvalue weighted by Crippen LogP contribution is -2.16. The minimum absolute atomic E-state index is 0.286. The fourth-order valence-corrected chi connectivity index (χ4v) is 3.21. The highest BCUT2D eigenvalue weighted by Crippen LogP contribution is 2.26. The fourth-order valence-electron chi connectivity index (χ4n) is 2.94. The molecule has 4 rings (SSSR count). The van der Waals surface area contributed by atoms with Crippen molar-refractivity contribution in [2.45, 2.75) is 6.54 Å². The molecule has 3 aromatic heterocycles. The summed E-state index contributed by atoms with van der Waals surface area (Å²) in [6.45, 7) is 0.286. The molecule has 1 aromatic carbocycles. The van der Waals surface area contributed by atoms with Crippen LogP contribution < -0.4 is 5.32 Å². The highest BCUT2D eigenvalue weighted by Gasteiger charge is 2.13. The Morgan fingerprint density at radius 2 is 1.93 bits per heavy atom. The third kappa shape index (κ3) is 3.71. The van der Waals surface area contributed by atoms with Gasteiger partial charge in [0.05, 0.1) is 29.3 Å². The summed E-state index contributed by atoms with van der Waals surface area (Å²) in [6, 6.07) is 15.3. The molecule has 0 aliphatic rings. The maximum absolute atomic E-state index is 11.3. The normalized spacial score (nSPS) is 11.4. The zero-order chi connectivity index (χ0) is 19.5. The van der Waals surface area contributed by atoms with Gasteiger partial charge in [-0.1, -0.05) is 24.3 Å². The van der Waals surface area contributed by atoms with Crippen molar-refractivity contribution in [3.05, 3.63) is 72.7 Å². The van der Waals surface area contributed by atoms with Crippen molar-refractivity contribution in [2.24, 2.45) is 0 Å². The van der Waals surface area contributed by atoms with Crippen LogP contribution in [0.4, 0.5) is 11.6 Å². The number of hydrogen-bond donors (Lipinski definition) is 2. The van der Waals surface area contributed by atoms with Crippen LogP contribution in [0.15, 0.2) is 67.1 Å². The van der Waals surface area contributed by atoms with Crippen molar-refractivity contribution in [3.8, 4) is 11.3 Å². The van der Waals surface area contributed by atoms with E-state index in [2.05, 4.69) is 20.4 Å². The SMILES string of the molecule is CN(Cc1ccccc1-c1ccc2cnc(Nc3cccnc3)nn12)[SH](=O)=O. The zero-order valence-corrected chi connectivity index (χ0v) is 16.0. The van der Waals surface area contributed by atoms with E-state index in [9.17, 15) is 8.42 Å². The van der Waals surface area contributed by atoms with Crippen LogP contribution in [0.2, 0.25) is 0 Å². The Morgan fingerprint density at radius 3 is 2.71 bits per heavy atom. The summed E-state index contributed by atoms with van der Waals surface area (Å²) in [4.78, 5) is 8.42. The molecule has 0 amide bonds. The Hall–Kier alpha value is -3.30. The van der Waals surface area contributed by atoms with Gasteiger partial charge in [0.15, 0.2) is 0 Å². The number of thiol groups is 1. The number of anilines is 2. The zero-order valence-electron chi connectivity index (χ0n) is 15.1. The molecule has 0 spiro atoms. The lowest BCUT2D eigenvalue weighted by molar-refractivity contribution is 0.487. The number of pyridine rings is 1. The average Bonchev–Trinajstić information content (AvgIpc) is 3.12. The van der Waals surface area contributed by atoms with E-state index in [1.165, 1.54) is 4.31 Å². The molecule has 0 saturated carbocycles. The number of benzene rings is 1. The molecular weight excluding hydrogens is 376 g/mol. The minimum atomic E-state index is -2.64. The van der Waals surface area contributed by atoms with Crippen LogP contribution >= 0.6 is 0 Å². The van der Waals surface area contributed by atoms with Gasteiger partial charge in [-0.25, -0.2) is 22.2 Å². The van der Waals surface area contributed by atoms with E-state index in [1.54, 1.807) is 30.2 Å².